The quantitative estimate of drug-likeness (QED) is 0.814. The minimum absolute atomic E-state index is 0.128. The van der Waals surface area contributed by atoms with Crippen LogP contribution in [-0.4, -0.2) is 48.9 Å². The standard InChI is InChI=1S/C16H16BN3O3/c1-22-16-19-18-14(23-16)13(11-5-3-2-4-6-11)12-7-9-20(10-8-12)15(17)21/h2-6H,7-10H2,1H3. The third kappa shape index (κ3) is 3.28. The van der Waals surface area contributed by atoms with Crippen molar-refractivity contribution >= 4 is 19.2 Å². The summed E-state index contributed by atoms with van der Waals surface area (Å²) in [7, 11) is 6.83. The van der Waals surface area contributed by atoms with Crippen LogP contribution in [0.3, 0.4) is 0 Å². The molecule has 1 saturated heterocycles. The van der Waals surface area contributed by atoms with Crippen molar-refractivity contribution in [3.63, 3.8) is 0 Å². The van der Waals surface area contributed by atoms with Crippen molar-refractivity contribution in [2.24, 2.45) is 0 Å². The molecule has 1 amide bonds. The number of amides is 1. The number of methoxy groups -OCH3 is 1. The zero-order valence-electron chi connectivity index (χ0n) is 12.9. The van der Waals surface area contributed by atoms with E-state index in [4.69, 9.17) is 17.0 Å². The number of piperidine rings is 1. The van der Waals surface area contributed by atoms with Gasteiger partial charge in [0.2, 0.25) is 7.85 Å². The Bertz CT molecular complexity index is 717. The SMILES string of the molecule is [B]C(=O)N1CCC(=C(c2ccccc2)c2nnc(OC)o2)CC1. The van der Waals surface area contributed by atoms with Crippen molar-refractivity contribution in [1.82, 2.24) is 15.1 Å². The van der Waals surface area contributed by atoms with Crippen LogP contribution in [0.1, 0.15) is 24.3 Å². The van der Waals surface area contributed by atoms with Gasteiger partial charge in [-0.2, -0.15) is 0 Å². The average molecular weight is 309 g/mol. The van der Waals surface area contributed by atoms with E-state index in [1.54, 1.807) is 4.90 Å². The number of nitrogens with zero attached hydrogens (tertiary/aromatic N) is 3. The van der Waals surface area contributed by atoms with Gasteiger partial charge in [0.1, 0.15) is 0 Å². The van der Waals surface area contributed by atoms with Crippen molar-refractivity contribution < 1.29 is 13.9 Å². The van der Waals surface area contributed by atoms with Crippen molar-refractivity contribution in [3.05, 3.63) is 47.4 Å². The van der Waals surface area contributed by atoms with E-state index in [9.17, 15) is 4.79 Å². The lowest BCUT2D eigenvalue weighted by Gasteiger charge is -2.29. The summed E-state index contributed by atoms with van der Waals surface area (Å²) in [5.74, 6) is 0.0420. The van der Waals surface area contributed by atoms with Gasteiger partial charge in [-0.15, -0.1) is 5.10 Å². The second kappa shape index (κ2) is 6.68. The second-order valence-corrected chi connectivity index (χ2v) is 5.25. The number of likely N-dealkylation sites (tertiary alicyclic amines) is 1. The Morgan fingerprint density at radius 1 is 1.22 bits per heavy atom. The molecule has 0 unspecified atom stereocenters. The average Bonchev–Trinajstić information content (AvgIpc) is 3.05. The molecule has 0 atom stereocenters. The Kier molecular flexibility index (Phi) is 4.46. The van der Waals surface area contributed by atoms with Crippen LogP contribution in [0.5, 0.6) is 6.08 Å². The van der Waals surface area contributed by atoms with E-state index in [-0.39, 0.29) is 11.9 Å². The van der Waals surface area contributed by atoms with E-state index >= 15 is 0 Å². The van der Waals surface area contributed by atoms with Gasteiger partial charge in [0.15, 0.2) is 5.81 Å². The van der Waals surface area contributed by atoms with Gasteiger partial charge in [-0.1, -0.05) is 41.0 Å². The molecule has 1 aromatic heterocycles. The summed E-state index contributed by atoms with van der Waals surface area (Å²) >= 11 is 0. The fraction of sp³-hybridized carbons (Fsp3) is 0.312. The van der Waals surface area contributed by atoms with E-state index in [0.29, 0.717) is 19.0 Å². The van der Waals surface area contributed by atoms with Crippen LogP contribution >= 0.6 is 0 Å². The fourth-order valence-corrected chi connectivity index (χ4v) is 2.72. The molecule has 1 fully saturated rings. The Balaban J connectivity index is 1.99. The summed E-state index contributed by atoms with van der Waals surface area (Å²) in [5, 5.41) is 7.95. The van der Waals surface area contributed by atoms with Crippen molar-refractivity contribution in [2.75, 3.05) is 20.2 Å². The summed E-state index contributed by atoms with van der Waals surface area (Å²) in [4.78, 5) is 12.9. The molecule has 1 aromatic carbocycles. The predicted molar refractivity (Wildman–Crippen MR) is 85.3 cm³/mol. The molecule has 7 heteroatoms. The highest BCUT2D eigenvalue weighted by Crippen LogP contribution is 2.32. The Morgan fingerprint density at radius 2 is 1.91 bits per heavy atom. The summed E-state index contributed by atoms with van der Waals surface area (Å²) < 4.78 is 10.6. The maximum Gasteiger partial charge on any atom is 0.414 e. The van der Waals surface area contributed by atoms with E-state index in [1.165, 1.54) is 12.7 Å². The zero-order valence-corrected chi connectivity index (χ0v) is 12.9. The maximum absolute atomic E-state index is 11.3. The maximum atomic E-state index is 11.3. The van der Waals surface area contributed by atoms with E-state index < -0.39 is 0 Å². The zero-order chi connectivity index (χ0) is 16.2. The first-order valence-electron chi connectivity index (χ1n) is 7.38. The highest BCUT2D eigenvalue weighted by molar-refractivity contribution is 6.56. The van der Waals surface area contributed by atoms with Gasteiger partial charge < -0.3 is 14.1 Å². The van der Waals surface area contributed by atoms with Crippen LogP contribution < -0.4 is 4.74 Å². The smallest absolute Gasteiger partial charge is 0.414 e. The molecule has 1 aliphatic rings. The number of hydrogen-bond donors (Lipinski definition) is 0. The van der Waals surface area contributed by atoms with Gasteiger partial charge in [-0.3, -0.25) is 4.79 Å². The van der Waals surface area contributed by atoms with Crippen LogP contribution in [0.2, 0.25) is 0 Å². The Morgan fingerprint density at radius 3 is 2.48 bits per heavy atom. The third-order valence-corrected chi connectivity index (χ3v) is 3.89. The van der Waals surface area contributed by atoms with Crippen LogP contribution in [0.25, 0.3) is 5.57 Å². The molecular weight excluding hydrogens is 293 g/mol. The number of rotatable bonds is 3. The normalized spacial score (nSPS) is 14.7. The van der Waals surface area contributed by atoms with Crippen LogP contribution in [-0.2, 0) is 0 Å². The molecule has 0 spiro atoms. The first-order chi connectivity index (χ1) is 11.2. The molecule has 23 heavy (non-hydrogen) atoms. The monoisotopic (exact) mass is 309 g/mol. The van der Waals surface area contributed by atoms with Gasteiger partial charge >= 0.3 is 6.08 Å². The molecule has 0 aliphatic carbocycles. The predicted octanol–water partition coefficient (Wildman–Crippen LogP) is 2.26. The first-order valence-corrected chi connectivity index (χ1v) is 7.38. The molecule has 0 bridgehead atoms. The van der Waals surface area contributed by atoms with Gasteiger partial charge in [0, 0.05) is 18.7 Å². The minimum atomic E-state index is -0.384. The molecule has 116 valence electrons. The number of benzene rings is 1. The molecule has 0 saturated carbocycles. The van der Waals surface area contributed by atoms with Gasteiger partial charge in [0.25, 0.3) is 5.89 Å². The lowest BCUT2D eigenvalue weighted by atomic mass is 9.92. The lowest BCUT2D eigenvalue weighted by molar-refractivity contribution is 0.217. The van der Waals surface area contributed by atoms with E-state index in [1.807, 2.05) is 30.3 Å². The number of aromatic nitrogens is 2. The summed E-state index contributed by atoms with van der Waals surface area (Å²) in [6, 6.07) is 9.87. The molecule has 2 heterocycles. The minimum Gasteiger partial charge on any atom is -0.452 e. The van der Waals surface area contributed by atoms with E-state index in [0.717, 1.165) is 24.0 Å². The van der Waals surface area contributed by atoms with Gasteiger partial charge in [-0.25, -0.2) is 0 Å². The van der Waals surface area contributed by atoms with Gasteiger partial charge in [-0.05, 0) is 18.4 Å². The molecule has 2 radical (unpaired) electrons. The molecular formula is C16H16BN3O3. The topological polar surface area (TPSA) is 68.5 Å². The highest BCUT2D eigenvalue weighted by atomic mass is 16.6. The summed E-state index contributed by atoms with van der Waals surface area (Å²) in [6.07, 6.45) is 1.57. The molecule has 0 N–H and O–H groups in total. The highest BCUT2D eigenvalue weighted by Gasteiger charge is 2.23. The van der Waals surface area contributed by atoms with Crippen molar-refractivity contribution in [1.29, 1.82) is 0 Å². The molecule has 6 nitrogen and oxygen atoms in total. The number of carbonyl (C=O) groups excluding carboxylic acids is 1. The van der Waals surface area contributed by atoms with Gasteiger partial charge in [0.05, 0.1) is 7.11 Å². The van der Waals surface area contributed by atoms with Crippen molar-refractivity contribution in [2.45, 2.75) is 12.8 Å². The lowest BCUT2D eigenvalue weighted by Crippen LogP contribution is -2.35. The fourth-order valence-electron chi connectivity index (χ4n) is 2.72. The Hall–Kier alpha value is -2.57. The largest absolute Gasteiger partial charge is 0.452 e. The number of hydrogen-bond acceptors (Lipinski definition) is 5. The van der Waals surface area contributed by atoms with Crippen molar-refractivity contribution in [3.8, 4) is 6.08 Å². The van der Waals surface area contributed by atoms with E-state index in [2.05, 4.69) is 10.2 Å². The number of ether oxygens (including phenoxy) is 1. The van der Waals surface area contributed by atoms with Crippen LogP contribution in [0.15, 0.2) is 40.3 Å². The number of carbonyl (C=O) groups is 1. The van der Waals surface area contributed by atoms with Crippen LogP contribution in [0, 0.1) is 0 Å². The molecule has 1 aliphatic heterocycles. The molecule has 2 aromatic rings. The summed E-state index contributed by atoms with van der Waals surface area (Å²) in [6.45, 7) is 1.18. The Labute approximate surface area is 135 Å². The van der Waals surface area contributed by atoms with Crippen LogP contribution in [0.4, 0.5) is 4.79 Å². The second-order valence-electron chi connectivity index (χ2n) is 5.25. The molecule has 3 rings (SSSR count). The summed E-state index contributed by atoms with van der Waals surface area (Å²) in [5.41, 5.74) is 3.08. The third-order valence-electron chi connectivity index (χ3n) is 3.89. The first kappa shape index (κ1) is 15.3.